The quantitative estimate of drug-likeness (QED) is 0.886. The zero-order valence-electron chi connectivity index (χ0n) is 13.8. The summed E-state index contributed by atoms with van der Waals surface area (Å²) in [4.78, 5) is 13.5. The van der Waals surface area contributed by atoms with Crippen LogP contribution in [0, 0.1) is 18.3 Å². The Morgan fingerprint density at radius 1 is 1.26 bits per heavy atom. The van der Waals surface area contributed by atoms with Gasteiger partial charge in [-0.1, -0.05) is 35.9 Å². The second-order valence-corrected chi connectivity index (χ2v) is 5.91. The van der Waals surface area contributed by atoms with E-state index in [1.807, 2.05) is 14.0 Å². The Morgan fingerprint density at radius 2 is 1.96 bits per heavy atom. The predicted molar refractivity (Wildman–Crippen MR) is 91.0 cm³/mol. The Hall–Kier alpha value is -2.64. The van der Waals surface area contributed by atoms with E-state index in [4.69, 9.17) is 5.26 Å². The Labute approximate surface area is 137 Å². The van der Waals surface area contributed by atoms with Crippen molar-refractivity contribution in [2.24, 2.45) is 0 Å². The third kappa shape index (κ3) is 4.67. The summed E-state index contributed by atoms with van der Waals surface area (Å²) >= 11 is 0. The molecule has 0 fully saturated rings. The number of nitrogens with zero attached hydrogens (tertiary/aromatic N) is 1. The van der Waals surface area contributed by atoms with E-state index in [9.17, 15) is 4.79 Å². The van der Waals surface area contributed by atoms with Gasteiger partial charge in [0.15, 0.2) is 6.04 Å². The van der Waals surface area contributed by atoms with Crippen LogP contribution in [0.5, 0.6) is 0 Å². The summed E-state index contributed by atoms with van der Waals surface area (Å²) in [6.07, 6.45) is 0. The number of nitrogens with one attached hydrogen (secondary N) is 2. The lowest BCUT2D eigenvalue weighted by Gasteiger charge is -2.21. The van der Waals surface area contributed by atoms with Crippen LogP contribution in [0.3, 0.4) is 0 Å². The fraction of sp³-hybridized carbons (Fsp3) is 0.263. The van der Waals surface area contributed by atoms with Gasteiger partial charge in [0.1, 0.15) is 6.54 Å². The Morgan fingerprint density at radius 3 is 2.61 bits per heavy atom. The van der Waals surface area contributed by atoms with Crippen molar-refractivity contribution in [3.8, 4) is 6.07 Å². The Bertz CT molecular complexity index is 716. The molecule has 0 saturated carbocycles. The molecule has 0 bridgehead atoms. The van der Waals surface area contributed by atoms with Crippen LogP contribution in [0.1, 0.15) is 23.6 Å². The molecule has 0 saturated heterocycles. The van der Waals surface area contributed by atoms with Crippen LogP contribution in [0.25, 0.3) is 0 Å². The molecule has 4 heteroatoms. The largest absolute Gasteiger partial charge is 0.324 e. The van der Waals surface area contributed by atoms with Gasteiger partial charge in [-0.2, -0.15) is 5.26 Å². The van der Waals surface area contributed by atoms with Crippen molar-refractivity contribution in [1.82, 2.24) is 0 Å². The van der Waals surface area contributed by atoms with Crippen LogP contribution < -0.4 is 10.2 Å². The first-order chi connectivity index (χ1) is 11.0. The number of anilines is 1. The van der Waals surface area contributed by atoms with Gasteiger partial charge in [-0.05, 0) is 32.0 Å². The van der Waals surface area contributed by atoms with E-state index in [0.717, 1.165) is 11.4 Å². The number of likely N-dealkylation sites (N-methyl/N-ethyl adjacent to an activating group) is 1. The van der Waals surface area contributed by atoms with E-state index in [0.29, 0.717) is 11.3 Å². The Balaban J connectivity index is 1.98. The monoisotopic (exact) mass is 308 g/mol. The number of aryl methyl sites for hydroxylation is 1. The molecule has 0 aliphatic carbocycles. The van der Waals surface area contributed by atoms with Crippen molar-refractivity contribution < 1.29 is 9.69 Å². The number of hydrogen-bond acceptors (Lipinski definition) is 2. The van der Waals surface area contributed by atoms with E-state index in [2.05, 4.69) is 42.6 Å². The molecule has 2 aromatic carbocycles. The molecule has 23 heavy (non-hydrogen) atoms. The van der Waals surface area contributed by atoms with Gasteiger partial charge < -0.3 is 10.2 Å². The minimum atomic E-state index is -0.193. The zero-order valence-corrected chi connectivity index (χ0v) is 13.8. The van der Waals surface area contributed by atoms with Crippen molar-refractivity contribution in [2.45, 2.75) is 26.4 Å². The fourth-order valence-corrected chi connectivity index (χ4v) is 2.32. The summed E-state index contributed by atoms with van der Waals surface area (Å²) in [5.41, 5.74) is 3.63. The van der Waals surface area contributed by atoms with Gasteiger partial charge in [-0.15, -0.1) is 0 Å². The minimum Gasteiger partial charge on any atom is -0.324 e. The van der Waals surface area contributed by atoms with Crippen LogP contribution in [-0.4, -0.2) is 19.0 Å². The van der Waals surface area contributed by atoms with E-state index in [-0.39, 0.29) is 11.9 Å². The van der Waals surface area contributed by atoms with E-state index < -0.39 is 0 Å². The lowest BCUT2D eigenvalue weighted by atomic mass is 10.1. The molecule has 0 spiro atoms. The van der Waals surface area contributed by atoms with Crippen LogP contribution >= 0.6 is 0 Å². The molecule has 2 aromatic rings. The van der Waals surface area contributed by atoms with Crippen LogP contribution in [0.4, 0.5) is 5.69 Å². The van der Waals surface area contributed by atoms with Gasteiger partial charge in [0.2, 0.25) is 0 Å². The number of rotatable bonds is 5. The molecule has 4 nitrogen and oxygen atoms in total. The first kappa shape index (κ1) is 16.7. The van der Waals surface area contributed by atoms with Crippen molar-refractivity contribution in [2.75, 3.05) is 12.4 Å². The van der Waals surface area contributed by atoms with Crippen molar-refractivity contribution in [3.05, 3.63) is 65.2 Å². The van der Waals surface area contributed by atoms with E-state index in [1.165, 1.54) is 11.1 Å². The molecule has 2 atom stereocenters. The molecule has 1 unspecified atom stereocenters. The summed E-state index contributed by atoms with van der Waals surface area (Å²) in [5, 5.41) is 11.8. The van der Waals surface area contributed by atoms with Gasteiger partial charge in [0.05, 0.1) is 18.7 Å². The van der Waals surface area contributed by atoms with Crippen molar-refractivity contribution in [1.29, 1.82) is 5.26 Å². The van der Waals surface area contributed by atoms with Crippen LogP contribution in [0.2, 0.25) is 0 Å². The average Bonchev–Trinajstić information content (AvgIpc) is 2.56. The first-order valence-electron chi connectivity index (χ1n) is 7.68. The maximum Gasteiger partial charge on any atom is 0.282 e. The number of nitriles is 1. The van der Waals surface area contributed by atoms with Gasteiger partial charge in [0.25, 0.3) is 5.91 Å². The molecular formula is C19H22N3O+. The van der Waals surface area contributed by atoms with Gasteiger partial charge in [-0.3, -0.25) is 4.79 Å². The highest BCUT2D eigenvalue weighted by molar-refractivity contribution is 5.93. The zero-order chi connectivity index (χ0) is 16.8. The summed E-state index contributed by atoms with van der Waals surface area (Å²) in [5.74, 6) is -0.0512. The van der Waals surface area contributed by atoms with Gasteiger partial charge in [0, 0.05) is 11.3 Å². The Kier molecular flexibility index (Phi) is 5.51. The predicted octanol–water partition coefficient (Wildman–Crippen LogP) is 1.91. The lowest BCUT2D eigenvalue weighted by Crippen LogP contribution is -3.12. The van der Waals surface area contributed by atoms with Gasteiger partial charge >= 0.3 is 0 Å². The smallest absolute Gasteiger partial charge is 0.282 e. The highest BCUT2D eigenvalue weighted by Gasteiger charge is 2.22. The molecule has 0 heterocycles. The number of carbonyl (C=O) groups excluding carboxylic acids is 1. The number of hydrogen-bond donors (Lipinski definition) is 2. The molecule has 2 rings (SSSR count). The summed E-state index contributed by atoms with van der Waals surface area (Å²) in [7, 11) is 2.01. The molecule has 0 aliphatic rings. The average molecular weight is 308 g/mol. The summed E-state index contributed by atoms with van der Waals surface area (Å²) in [6.45, 7) is 4.76. The topological polar surface area (TPSA) is 57.3 Å². The number of carbonyl (C=O) groups is 1. The number of amides is 1. The lowest BCUT2D eigenvalue weighted by molar-refractivity contribution is -0.907. The van der Waals surface area contributed by atoms with E-state index in [1.54, 1.807) is 24.3 Å². The molecule has 2 N–H and O–H groups in total. The van der Waals surface area contributed by atoms with Crippen molar-refractivity contribution in [3.63, 3.8) is 0 Å². The second kappa shape index (κ2) is 7.57. The third-order valence-corrected chi connectivity index (χ3v) is 4.00. The molecule has 118 valence electrons. The molecule has 0 aromatic heterocycles. The molecular weight excluding hydrogens is 286 g/mol. The molecule has 0 aliphatic heterocycles. The summed E-state index contributed by atoms with van der Waals surface area (Å²) in [6, 6.07) is 17.2. The maximum atomic E-state index is 12.4. The maximum absolute atomic E-state index is 12.4. The standard InChI is InChI=1S/C19H21N3O/c1-14-7-9-16(10-8-14)13-22(3)15(2)19(23)21-18-6-4-5-17(11-18)12-20/h4-11,15H,13H2,1-3H3,(H,21,23)/p+1/t15-/m1/s1. The van der Waals surface area contributed by atoms with E-state index >= 15 is 0 Å². The first-order valence-corrected chi connectivity index (χ1v) is 7.68. The van der Waals surface area contributed by atoms with Crippen LogP contribution in [-0.2, 0) is 11.3 Å². The number of benzene rings is 2. The highest BCUT2D eigenvalue weighted by atomic mass is 16.2. The highest BCUT2D eigenvalue weighted by Crippen LogP contribution is 2.09. The van der Waals surface area contributed by atoms with Gasteiger partial charge in [-0.25, -0.2) is 0 Å². The molecule has 1 amide bonds. The number of quaternary nitrogens is 1. The second-order valence-electron chi connectivity index (χ2n) is 5.91. The SMILES string of the molecule is Cc1ccc(C[NH+](C)[C@H](C)C(=O)Nc2cccc(C#N)c2)cc1. The minimum absolute atomic E-state index is 0.0512. The van der Waals surface area contributed by atoms with Crippen LogP contribution in [0.15, 0.2) is 48.5 Å². The van der Waals surface area contributed by atoms with Crippen molar-refractivity contribution >= 4 is 11.6 Å². The summed E-state index contributed by atoms with van der Waals surface area (Å²) < 4.78 is 0. The third-order valence-electron chi connectivity index (χ3n) is 4.00. The fourth-order valence-electron chi connectivity index (χ4n) is 2.32. The molecule has 0 radical (unpaired) electrons. The normalized spacial score (nSPS) is 13.0.